The Labute approximate surface area is 151 Å². The first-order valence-electron chi connectivity index (χ1n) is 8.47. The van der Waals surface area contributed by atoms with Gasteiger partial charge in [-0.25, -0.2) is 4.98 Å². The molecule has 0 saturated carbocycles. The normalized spacial score (nSPS) is 15.5. The fourth-order valence-corrected chi connectivity index (χ4v) is 2.97. The van der Waals surface area contributed by atoms with Gasteiger partial charge in [0.1, 0.15) is 12.4 Å². The monoisotopic (exact) mass is 349 g/mol. The van der Waals surface area contributed by atoms with Crippen LogP contribution in [-0.2, 0) is 11.3 Å². The Morgan fingerprint density at radius 1 is 1.19 bits per heavy atom. The standard InChI is InChI=1S/C20H19N3O3/c1-14-21-10-11-23(14)16-7-3-2-6-15(16)12-22-20(24)19-13-25-17-8-4-5-9-18(17)26-19/h2-11,19H,12-13H2,1H3,(H,22,24)/t19-/m0/s1. The number of rotatable bonds is 4. The molecule has 1 aliphatic rings. The van der Waals surface area contributed by atoms with Gasteiger partial charge in [0.25, 0.3) is 5.91 Å². The summed E-state index contributed by atoms with van der Waals surface area (Å²) in [5.41, 5.74) is 1.99. The molecule has 2 heterocycles. The zero-order valence-corrected chi connectivity index (χ0v) is 14.4. The van der Waals surface area contributed by atoms with Gasteiger partial charge in [0.2, 0.25) is 6.10 Å². The lowest BCUT2D eigenvalue weighted by Gasteiger charge is -2.25. The van der Waals surface area contributed by atoms with E-state index >= 15 is 0 Å². The molecule has 0 fully saturated rings. The lowest BCUT2D eigenvalue weighted by Crippen LogP contribution is -2.43. The highest BCUT2D eigenvalue weighted by Crippen LogP contribution is 2.30. The number of para-hydroxylation sites is 3. The number of nitrogens with one attached hydrogen (secondary N) is 1. The molecular formula is C20H19N3O3. The van der Waals surface area contributed by atoms with Crippen LogP contribution >= 0.6 is 0 Å². The molecule has 0 bridgehead atoms. The van der Waals surface area contributed by atoms with Crippen molar-refractivity contribution in [3.63, 3.8) is 0 Å². The molecule has 3 aromatic rings. The summed E-state index contributed by atoms with van der Waals surface area (Å²) in [5, 5.41) is 2.94. The zero-order valence-electron chi connectivity index (χ0n) is 14.4. The van der Waals surface area contributed by atoms with Gasteiger partial charge in [-0.15, -0.1) is 0 Å². The highest BCUT2D eigenvalue weighted by atomic mass is 16.6. The van der Waals surface area contributed by atoms with Gasteiger partial charge in [0, 0.05) is 18.9 Å². The maximum Gasteiger partial charge on any atom is 0.264 e. The lowest BCUT2D eigenvalue weighted by molar-refractivity contribution is -0.130. The van der Waals surface area contributed by atoms with Crippen molar-refractivity contribution in [2.45, 2.75) is 19.6 Å². The fraction of sp³-hybridized carbons (Fsp3) is 0.200. The van der Waals surface area contributed by atoms with E-state index < -0.39 is 6.10 Å². The van der Waals surface area contributed by atoms with Gasteiger partial charge in [0.05, 0.1) is 5.69 Å². The largest absolute Gasteiger partial charge is 0.485 e. The van der Waals surface area contributed by atoms with E-state index in [1.807, 2.05) is 60.2 Å². The second-order valence-electron chi connectivity index (χ2n) is 6.06. The molecule has 0 spiro atoms. The van der Waals surface area contributed by atoms with Crippen LogP contribution in [0.1, 0.15) is 11.4 Å². The van der Waals surface area contributed by atoms with Crippen molar-refractivity contribution in [3.8, 4) is 17.2 Å². The molecule has 6 heteroatoms. The van der Waals surface area contributed by atoms with Crippen LogP contribution < -0.4 is 14.8 Å². The van der Waals surface area contributed by atoms with Crippen LogP contribution in [0.15, 0.2) is 60.9 Å². The molecule has 1 N–H and O–H groups in total. The van der Waals surface area contributed by atoms with Crippen LogP contribution in [0.2, 0.25) is 0 Å². The number of fused-ring (bicyclic) bond motifs is 1. The lowest BCUT2D eigenvalue weighted by atomic mass is 10.1. The van der Waals surface area contributed by atoms with Crippen molar-refractivity contribution in [1.29, 1.82) is 0 Å². The molecule has 0 unspecified atom stereocenters. The second kappa shape index (κ2) is 6.92. The predicted molar refractivity (Wildman–Crippen MR) is 96.5 cm³/mol. The summed E-state index contributed by atoms with van der Waals surface area (Å²) in [6.07, 6.45) is 3.01. The molecule has 0 aliphatic carbocycles. The number of aryl methyl sites for hydroxylation is 1. The van der Waals surface area contributed by atoms with Gasteiger partial charge in [0.15, 0.2) is 11.5 Å². The first-order valence-corrected chi connectivity index (χ1v) is 8.47. The van der Waals surface area contributed by atoms with Crippen LogP contribution in [-0.4, -0.2) is 28.2 Å². The molecule has 1 atom stereocenters. The van der Waals surface area contributed by atoms with E-state index in [0.717, 1.165) is 17.1 Å². The molecule has 0 saturated heterocycles. The first-order chi connectivity index (χ1) is 12.7. The molecule has 2 aromatic carbocycles. The third-order valence-corrected chi connectivity index (χ3v) is 4.33. The van der Waals surface area contributed by atoms with E-state index in [4.69, 9.17) is 9.47 Å². The van der Waals surface area contributed by atoms with Crippen LogP contribution in [0.5, 0.6) is 11.5 Å². The molecule has 6 nitrogen and oxygen atoms in total. The number of carbonyl (C=O) groups excluding carboxylic acids is 1. The summed E-state index contributed by atoms with van der Waals surface area (Å²) in [6, 6.07) is 15.3. The first kappa shape index (κ1) is 16.2. The van der Waals surface area contributed by atoms with Crippen molar-refractivity contribution in [2.75, 3.05) is 6.61 Å². The van der Waals surface area contributed by atoms with E-state index in [1.54, 1.807) is 12.3 Å². The predicted octanol–water partition coefficient (Wildman–Crippen LogP) is 2.64. The molecule has 26 heavy (non-hydrogen) atoms. The average Bonchev–Trinajstić information content (AvgIpc) is 3.11. The molecular weight excluding hydrogens is 330 g/mol. The van der Waals surface area contributed by atoms with Gasteiger partial charge < -0.3 is 19.4 Å². The Balaban J connectivity index is 1.45. The average molecular weight is 349 g/mol. The zero-order chi connectivity index (χ0) is 17.9. The highest BCUT2D eigenvalue weighted by Gasteiger charge is 2.27. The summed E-state index contributed by atoms with van der Waals surface area (Å²) in [7, 11) is 0. The summed E-state index contributed by atoms with van der Waals surface area (Å²) < 4.78 is 13.4. The smallest absolute Gasteiger partial charge is 0.264 e. The van der Waals surface area contributed by atoms with Crippen molar-refractivity contribution in [1.82, 2.24) is 14.9 Å². The Kier molecular flexibility index (Phi) is 4.31. The molecule has 132 valence electrons. The number of hydrogen-bond acceptors (Lipinski definition) is 4. The number of benzene rings is 2. The highest BCUT2D eigenvalue weighted by molar-refractivity contribution is 5.81. The van der Waals surface area contributed by atoms with Gasteiger partial charge in [-0.3, -0.25) is 4.79 Å². The molecule has 1 aliphatic heterocycles. The van der Waals surface area contributed by atoms with Crippen LogP contribution in [0.3, 0.4) is 0 Å². The number of ether oxygens (including phenoxy) is 2. The Bertz CT molecular complexity index is 935. The van der Waals surface area contributed by atoms with Gasteiger partial charge >= 0.3 is 0 Å². The van der Waals surface area contributed by atoms with E-state index in [1.165, 1.54) is 0 Å². The minimum Gasteiger partial charge on any atom is -0.485 e. The molecule has 4 rings (SSSR count). The molecule has 0 radical (unpaired) electrons. The Hall–Kier alpha value is -3.28. The molecule has 1 aromatic heterocycles. The summed E-state index contributed by atoms with van der Waals surface area (Å²) in [5.74, 6) is 1.95. The SMILES string of the molecule is Cc1nccn1-c1ccccc1CNC(=O)[C@@H]1COc2ccccc2O1. The maximum atomic E-state index is 12.5. The van der Waals surface area contributed by atoms with Crippen molar-refractivity contribution < 1.29 is 14.3 Å². The van der Waals surface area contributed by atoms with Gasteiger partial charge in [-0.05, 0) is 30.7 Å². The van der Waals surface area contributed by atoms with Gasteiger partial charge in [-0.1, -0.05) is 30.3 Å². The summed E-state index contributed by atoms with van der Waals surface area (Å²) >= 11 is 0. The van der Waals surface area contributed by atoms with Crippen molar-refractivity contribution >= 4 is 5.91 Å². The topological polar surface area (TPSA) is 65.4 Å². The minimum absolute atomic E-state index is 0.198. The van der Waals surface area contributed by atoms with Gasteiger partial charge in [-0.2, -0.15) is 0 Å². The summed E-state index contributed by atoms with van der Waals surface area (Å²) in [4.78, 5) is 16.8. The quantitative estimate of drug-likeness (QED) is 0.786. The number of carbonyl (C=O) groups is 1. The number of imidazole rings is 1. The number of amides is 1. The third kappa shape index (κ3) is 3.13. The van der Waals surface area contributed by atoms with Crippen LogP contribution in [0.25, 0.3) is 5.69 Å². The minimum atomic E-state index is -0.660. The fourth-order valence-electron chi connectivity index (χ4n) is 2.97. The summed E-state index contributed by atoms with van der Waals surface area (Å²) in [6.45, 7) is 2.54. The molecule has 1 amide bonds. The number of aromatic nitrogens is 2. The van der Waals surface area contributed by atoms with E-state index in [9.17, 15) is 4.79 Å². The second-order valence-corrected chi connectivity index (χ2v) is 6.06. The third-order valence-electron chi connectivity index (χ3n) is 4.33. The van der Waals surface area contributed by atoms with E-state index in [-0.39, 0.29) is 12.5 Å². The van der Waals surface area contributed by atoms with E-state index in [2.05, 4.69) is 10.3 Å². The van der Waals surface area contributed by atoms with Crippen molar-refractivity contribution in [2.24, 2.45) is 0 Å². The Morgan fingerprint density at radius 2 is 1.96 bits per heavy atom. The van der Waals surface area contributed by atoms with Crippen LogP contribution in [0.4, 0.5) is 0 Å². The van der Waals surface area contributed by atoms with Crippen molar-refractivity contribution in [3.05, 3.63) is 72.3 Å². The van der Waals surface area contributed by atoms with Crippen LogP contribution in [0, 0.1) is 6.92 Å². The number of hydrogen-bond donors (Lipinski definition) is 1. The number of nitrogens with zero attached hydrogens (tertiary/aromatic N) is 2. The van der Waals surface area contributed by atoms with E-state index in [0.29, 0.717) is 18.0 Å². The Morgan fingerprint density at radius 3 is 2.77 bits per heavy atom. The maximum absolute atomic E-state index is 12.5.